The zero-order valence-electron chi connectivity index (χ0n) is 33.9. The van der Waals surface area contributed by atoms with E-state index in [4.69, 9.17) is 15.2 Å². The molecule has 0 bridgehead atoms. The molecule has 1 aromatic heterocycles. The number of piperazine rings is 1. The fourth-order valence-corrected chi connectivity index (χ4v) is 7.27. The van der Waals surface area contributed by atoms with Crippen LogP contribution in [0.3, 0.4) is 0 Å². The van der Waals surface area contributed by atoms with Crippen molar-refractivity contribution in [2.75, 3.05) is 47.9 Å². The van der Waals surface area contributed by atoms with E-state index in [1.807, 2.05) is 6.07 Å². The van der Waals surface area contributed by atoms with Crippen molar-refractivity contribution in [1.29, 1.82) is 0 Å². The van der Waals surface area contributed by atoms with Crippen molar-refractivity contribution >= 4 is 69.9 Å². The molecule has 5 rings (SSSR count). The average Bonchev–Trinajstić information content (AvgIpc) is 3.24. The largest absolute Gasteiger partial charge is 0.477 e. The first-order valence-electron chi connectivity index (χ1n) is 19.4. The molecule has 1 aliphatic heterocycles. The smallest absolute Gasteiger partial charge is 0.410 e. The molecule has 19 heteroatoms. The minimum Gasteiger partial charge on any atom is -0.477 e. The maximum absolute atomic E-state index is 15.3. The van der Waals surface area contributed by atoms with Crippen LogP contribution in [0.15, 0.2) is 77.7 Å². The fraction of sp³-hybridized carbons (Fsp3) is 0.357. The van der Waals surface area contributed by atoms with E-state index in [-0.39, 0.29) is 67.9 Å². The van der Waals surface area contributed by atoms with Gasteiger partial charge in [-0.05, 0) is 48.2 Å². The van der Waals surface area contributed by atoms with Crippen molar-refractivity contribution in [3.8, 4) is 0 Å². The summed E-state index contributed by atoms with van der Waals surface area (Å²) in [5, 5.41) is 17.4. The summed E-state index contributed by atoms with van der Waals surface area (Å²) < 4.78 is 27.7. The minimum atomic E-state index is -1.39. The molecule has 1 saturated heterocycles. The molecule has 61 heavy (non-hydrogen) atoms. The molecule has 2 atom stereocenters. The number of pyridine rings is 1. The zero-order chi connectivity index (χ0) is 44.2. The first-order valence-corrected chi connectivity index (χ1v) is 20.6. The molecule has 4 aromatic rings. The number of aryl methyl sites for hydroxylation is 1. The van der Waals surface area contributed by atoms with Gasteiger partial charge in [-0.15, -0.1) is 11.8 Å². The molecule has 17 nitrogen and oxygen atoms in total. The number of nitrogens with zero attached hydrogens (tertiary/aromatic N) is 3. The van der Waals surface area contributed by atoms with Gasteiger partial charge in [-0.1, -0.05) is 56.3 Å². The summed E-state index contributed by atoms with van der Waals surface area (Å²) in [7, 11) is 0. The monoisotopic (exact) mass is 861 g/mol. The molecule has 2 heterocycles. The van der Waals surface area contributed by atoms with Gasteiger partial charge in [0.05, 0.1) is 17.0 Å². The van der Waals surface area contributed by atoms with Gasteiger partial charge in [0.2, 0.25) is 23.2 Å². The summed E-state index contributed by atoms with van der Waals surface area (Å²) in [6, 6.07) is 15.9. The lowest BCUT2D eigenvalue weighted by molar-refractivity contribution is -0.128. The Morgan fingerprint density at radius 3 is 2.16 bits per heavy atom. The van der Waals surface area contributed by atoms with Crippen LogP contribution < -0.4 is 32.0 Å². The number of hydrogen-bond donors (Lipinski definition) is 5. The van der Waals surface area contributed by atoms with Crippen molar-refractivity contribution in [2.45, 2.75) is 52.6 Å². The number of ether oxygens (including phenoxy) is 2. The molecule has 3 aromatic carbocycles. The number of benzene rings is 3. The SMILES string of the molecule is CCn1cc(C(=O)O)c(=O)c2cc(F)c(N3CCN(C(=O)OCc4ccc(NC(=O)[C@H](CSCC(N)=O)NC(=O)[C@@H](NC(=O)OCc5ccccc5)C(C)C)cc4)CC3)cc21. The lowest BCUT2D eigenvalue weighted by atomic mass is 10.0. The number of alkyl carbamates (subject to hydrolysis) is 1. The number of rotatable bonds is 17. The van der Waals surface area contributed by atoms with E-state index in [0.29, 0.717) is 23.3 Å². The predicted octanol–water partition coefficient (Wildman–Crippen LogP) is 3.91. The summed E-state index contributed by atoms with van der Waals surface area (Å²) >= 11 is 1.05. The normalized spacial score (nSPS) is 13.6. The molecule has 1 aliphatic rings. The first-order chi connectivity index (χ1) is 29.1. The highest BCUT2D eigenvalue weighted by Gasteiger charge is 2.30. The van der Waals surface area contributed by atoms with Gasteiger partial charge in [0.25, 0.3) is 0 Å². The minimum absolute atomic E-state index is 0.000237. The third kappa shape index (κ3) is 12.2. The van der Waals surface area contributed by atoms with Crippen molar-refractivity contribution in [3.63, 3.8) is 0 Å². The highest BCUT2D eigenvalue weighted by atomic mass is 32.2. The number of carbonyl (C=O) groups excluding carboxylic acids is 5. The Morgan fingerprint density at radius 2 is 1.54 bits per heavy atom. The number of thioether (sulfide) groups is 1. The first kappa shape index (κ1) is 45.5. The predicted molar refractivity (Wildman–Crippen MR) is 227 cm³/mol. The highest BCUT2D eigenvalue weighted by Crippen LogP contribution is 2.27. The standard InChI is InChI=1S/C42H48FN7O10S/c1-4-48-20-30(40(55)56)37(52)29-18-31(43)34(19-33(29)48)49-14-16-50(17-15-49)42(58)60-22-27-10-12-28(13-11-27)45-38(53)32(23-61-24-35(44)51)46-39(54)36(25(2)3)47-41(57)59-21-26-8-6-5-7-9-26/h5-13,18-20,25,32,36H,4,14-17,21-24H2,1-3H3,(H2,44,51)(H,45,53)(H,46,54)(H,47,57)(H,55,56)/t32-,36-/m0/s1. The Morgan fingerprint density at radius 1 is 0.885 bits per heavy atom. The Hall–Kier alpha value is -6.63. The maximum Gasteiger partial charge on any atom is 0.410 e. The van der Waals surface area contributed by atoms with Gasteiger partial charge in [0, 0.05) is 55.7 Å². The van der Waals surface area contributed by atoms with Gasteiger partial charge >= 0.3 is 18.2 Å². The maximum atomic E-state index is 15.3. The van der Waals surface area contributed by atoms with E-state index in [2.05, 4.69) is 16.0 Å². The van der Waals surface area contributed by atoms with Crippen molar-refractivity contribution in [2.24, 2.45) is 11.7 Å². The molecular weight excluding hydrogens is 814 g/mol. The number of carboxylic acids is 1. The quantitative estimate of drug-likeness (QED) is 0.102. The number of carboxylic acid groups (broad SMARTS) is 1. The third-order valence-corrected chi connectivity index (χ3v) is 10.8. The summed E-state index contributed by atoms with van der Waals surface area (Å²) in [5.41, 5.74) is 6.45. The number of aromatic nitrogens is 1. The molecule has 0 spiro atoms. The second-order valence-electron chi connectivity index (χ2n) is 14.5. The Bertz CT molecular complexity index is 2300. The fourth-order valence-electron chi connectivity index (χ4n) is 6.48. The van der Waals surface area contributed by atoms with Crippen molar-refractivity contribution < 1.29 is 47.7 Å². The molecule has 0 unspecified atom stereocenters. The van der Waals surface area contributed by atoms with Gasteiger partial charge in [0.15, 0.2) is 0 Å². The van der Waals surface area contributed by atoms with Gasteiger partial charge in [0.1, 0.15) is 36.7 Å². The molecule has 0 saturated carbocycles. The van der Waals surface area contributed by atoms with Gasteiger partial charge in [-0.25, -0.2) is 18.8 Å². The van der Waals surface area contributed by atoms with Crippen LogP contribution in [0.4, 0.5) is 25.4 Å². The molecule has 0 radical (unpaired) electrons. The number of fused-ring (bicyclic) bond motifs is 1. The average molecular weight is 862 g/mol. The number of primary amides is 1. The number of nitrogens with two attached hydrogens (primary N) is 1. The Balaban J connectivity index is 1.13. The number of anilines is 2. The van der Waals surface area contributed by atoms with E-state index in [1.54, 1.807) is 78.8 Å². The number of nitrogens with one attached hydrogen (secondary N) is 3. The van der Waals surface area contributed by atoms with Gasteiger partial charge in [-0.3, -0.25) is 19.2 Å². The topological polar surface area (TPSA) is 232 Å². The Kier molecular flexibility index (Phi) is 15.7. The van der Waals surface area contributed by atoms with Crippen LogP contribution in [0, 0.1) is 11.7 Å². The van der Waals surface area contributed by atoms with Crippen LogP contribution in [0.2, 0.25) is 0 Å². The van der Waals surface area contributed by atoms with E-state index in [1.165, 1.54) is 17.2 Å². The van der Waals surface area contributed by atoms with Crippen LogP contribution in [0.1, 0.15) is 42.3 Å². The van der Waals surface area contributed by atoms with Crippen LogP contribution in [0.5, 0.6) is 0 Å². The van der Waals surface area contributed by atoms with Gasteiger partial charge in [-0.2, -0.15) is 0 Å². The number of halogens is 1. The lowest BCUT2D eigenvalue weighted by Crippen LogP contribution is -2.55. The van der Waals surface area contributed by atoms with Crippen molar-refractivity contribution in [3.05, 3.63) is 106 Å². The zero-order valence-corrected chi connectivity index (χ0v) is 34.7. The summed E-state index contributed by atoms with van der Waals surface area (Å²) in [5.74, 6) is -4.36. The molecule has 324 valence electrons. The second-order valence-corrected chi connectivity index (χ2v) is 15.5. The molecule has 5 amide bonds. The lowest BCUT2D eigenvalue weighted by Gasteiger charge is -2.35. The van der Waals surface area contributed by atoms with Crippen LogP contribution >= 0.6 is 11.8 Å². The van der Waals surface area contributed by atoms with Crippen LogP contribution in [0.25, 0.3) is 10.9 Å². The molecule has 0 aliphatic carbocycles. The molecule has 6 N–H and O–H groups in total. The summed E-state index contributed by atoms with van der Waals surface area (Å²) in [6.07, 6.45) is -0.141. The van der Waals surface area contributed by atoms with E-state index >= 15 is 4.39 Å². The molecule has 1 fully saturated rings. The third-order valence-electron chi connectivity index (χ3n) is 9.78. The number of amides is 5. The number of carbonyl (C=O) groups is 6. The number of aromatic carboxylic acids is 1. The van der Waals surface area contributed by atoms with E-state index < -0.39 is 64.8 Å². The van der Waals surface area contributed by atoms with Crippen LogP contribution in [-0.4, -0.2) is 100 Å². The molecular formula is C42H48FN7O10S. The summed E-state index contributed by atoms with van der Waals surface area (Å²) in [4.78, 5) is 91.3. The summed E-state index contributed by atoms with van der Waals surface area (Å²) in [6.45, 7) is 6.49. The second kappa shape index (κ2) is 21.1. The van der Waals surface area contributed by atoms with E-state index in [0.717, 1.165) is 23.4 Å². The van der Waals surface area contributed by atoms with E-state index in [9.17, 15) is 38.7 Å². The number of hydrogen-bond acceptors (Lipinski definition) is 11. The van der Waals surface area contributed by atoms with Crippen LogP contribution in [-0.2, 0) is 43.6 Å². The van der Waals surface area contributed by atoms with Crippen molar-refractivity contribution in [1.82, 2.24) is 20.1 Å². The highest BCUT2D eigenvalue weighted by molar-refractivity contribution is 8.00. The van der Waals surface area contributed by atoms with Gasteiger partial charge < -0.3 is 50.6 Å². The Labute approximate surface area is 354 Å².